The van der Waals surface area contributed by atoms with Gasteiger partial charge in [-0.15, -0.1) is 0 Å². The van der Waals surface area contributed by atoms with Crippen LogP contribution in [0, 0.1) is 0 Å². The largest absolute Gasteiger partial charge is 0.0622 e. The van der Waals surface area contributed by atoms with E-state index in [1.807, 2.05) is 0 Å². The van der Waals surface area contributed by atoms with E-state index in [-0.39, 0.29) is 0 Å². The molecule has 0 N–H and O–H groups in total. The average Bonchev–Trinajstić information content (AvgIpc) is 3.10. The normalized spacial score (nSPS) is 11.9. The van der Waals surface area contributed by atoms with Crippen LogP contribution in [-0.4, -0.2) is 0 Å². The van der Waals surface area contributed by atoms with Gasteiger partial charge in [0.25, 0.3) is 0 Å². The minimum absolute atomic E-state index is 1.19. The van der Waals surface area contributed by atoms with Crippen molar-refractivity contribution in [2.75, 3.05) is 0 Å². The quantitative estimate of drug-likeness (QED) is 0.141. The third-order valence-electron chi connectivity index (χ3n) is 8.60. The van der Waals surface area contributed by atoms with E-state index in [1.54, 1.807) is 0 Å². The van der Waals surface area contributed by atoms with Crippen LogP contribution < -0.4 is 0 Å². The zero-order chi connectivity index (χ0) is 29.3. The van der Waals surface area contributed by atoms with Crippen molar-refractivity contribution in [3.05, 3.63) is 180 Å². The molecule has 0 aliphatic heterocycles. The van der Waals surface area contributed by atoms with Crippen molar-refractivity contribution >= 4 is 56.6 Å². The lowest BCUT2D eigenvalue weighted by molar-refractivity contribution is 1.62. The molecule has 0 radical (unpaired) electrons. The summed E-state index contributed by atoms with van der Waals surface area (Å²) in [5.74, 6) is 0. The van der Waals surface area contributed by atoms with E-state index in [0.29, 0.717) is 0 Å². The molecule has 0 amide bonds. The molecule has 0 spiro atoms. The van der Waals surface area contributed by atoms with Crippen molar-refractivity contribution in [2.24, 2.45) is 0 Å². The van der Waals surface area contributed by atoms with E-state index in [9.17, 15) is 0 Å². The van der Waals surface area contributed by atoms with Crippen LogP contribution in [0.2, 0.25) is 0 Å². The van der Waals surface area contributed by atoms with Gasteiger partial charge < -0.3 is 0 Å². The Morgan fingerprint density at radius 1 is 0.295 bits per heavy atom. The van der Waals surface area contributed by atoms with Crippen LogP contribution in [0.25, 0.3) is 78.9 Å². The molecule has 0 aliphatic carbocycles. The highest BCUT2D eigenvalue weighted by atomic mass is 14.2. The second kappa shape index (κ2) is 11.2. The van der Waals surface area contributed by atoms with Gasteiger partial charge in [-0.25, -0.2) is 0 Å². The number of rotatable bonds is 6. The summed E-state index contributed by atoms with van der Waals surface area (Å²) in [7, 11) is 0. The van der Waals surface area contributed by atoms with E-state index < -0.39 is 0 Å². The van der Waals surface area contributed by atoms with Gasteiger partial charge >= 0.3 is 0 Å². The lowest BCUT2D eigenvalue weighted by atomic mass is 9.87. The van der Waals surface area contributed by atoms with Crippen LogP contribution in [-0.2, 0) is 0 Å². The summed E-state index contributed by atoms with van der Waals surface area (Å²) in [6.45, 7) is 0. The zero-order valence-corrected chi connectivity index (χ0v) is 24.3. The summed E-state index contributed by atoms with van der Waals surface area (Å²) in [4.78, 5) is 0. The Hall–Kier alpha value is -5.72. The summed E-state index contributed by atoms with van der Waals surface area (Å²) in [5, 5.41) is 7.81. The highest BCUT2D eigenvalue weighted by molar-refractivity contribution is 6.27. The molecule has 0 atom stereocenters. The number of benzene rings is 8. The minimum atomic E-state index is 1.19. The van der Waals surface area contributed by atoms with Gasteiger partial charge in [0.05, 0.1) is 0 Å². The fourth-order valence-electron chi connectivity index (χ4n) is 6.44. The topological polar surface area (TPSA) is 0 Å². The minimum Gasteiger partial charge on any atom is -0.0622 e. The van der Waals surface area contributed by atoms with Crippen LogP contribution in [0.1, 0.15) is 22.3 Å². The molecule has 8 rings (SSSR count). The third-order valence-corrected chi connectivity index (χ3v) is 8.60. The fourth-order valence-corrected chi connectivity index (χ4v) is 6.44. The number of hydrogen-bond acceptors (Lipinski definition) is 0. The molecule has 0 saturated heterocycles. The van der Waals surface area contributed by atoms with Crippen LogP contribution in [0.15, 0.2) is 158 Å². The number of hydrogen-bond donors (Lipinski definition) is 0. The molecular weight excluding hydrogens is 528 g/mol. The van der Waals surface area contributed by atoms with E-state index in [2.05, 4.69) is 182 Å². The van der Waals surface area contributed by atoms with Gasteiger partial charge in [0, 0.05) is 0 Å². The first kappa shape index (κ1) is 25.9. The molecule has 0 heteroatoms. The third kappa shape index (κ3) is 4.87. The van der Waals surface area contributed by atoms with Crippen molar-refractivity contribution in [1.82, 2.24) is 0 Å². The Balaban J connectivity index is 1.23. The molecule has 44 heavy (non-hydrogen) atoms. The van der Waals surface area contributed by atoms with E-state index in [4.69, 9.17) is 0 Å². The van der Waals surface area contributed by atoms with Gasteiger partial charge in [0.2, 0.25) is 0 Å². The van der Waals surface area contributed by atoms with Crippen molar-refractivity contribution < 1.29 is 0 Å². The Morgan fingerprint density at radius 3 is 1.14 bits per heavy atom. The van der Waals surface area contributed by atoms with E-state index >= 15 is 0 Å². The first-order chi connectivity index (χ1) is 21.8. The molecule has 206 valence electrons. The monoisotopic (exact) mass is 558 g/mol. The first-order valence-corrected chi connectivity index (χ1v) is 15.2. The molecule has 0 unspecified atom stereocenters. The van der Waals surface area contributed by atoms with Crippen molar-refractivity contribution in [1.29, 1.82) is 0 Å². The zero-order valence-electron chi connectivity index (χ0n) is 24.3. The van der Waals surface area contributed by atoms with E-state index in [1.165, 1.54) is 76.8 Å². The molecule has 0 fully saturated rings. The molecule has 0 heterocycles. The van der Waals surface area contributed by atoms with Gasteiger partial charge in [-0.3, -0.25) is 0 Å². The molecule has 0 saturated carbocycles. The van der Waals surface area contributed by atoms with Crippen LogP contribution in [0.4, 0.5) is 0 Å². The maximum Gasteiger partial charge on any atom is -0.00203 e. The Morgan fingerprint density at radius 2 is 0.682 bits per heavy atom. The predicted octanol–water partition coefficient (Wildman–Crippen LogP) is 12.3. The standard InChI is InChI=1S/C44H30/c1-3-9-31(10-4-1)17-19-33-13-7-15-37(29-33)39-25-21-35-24-28-42-40(26-22-36-23-27-41(39)43(35)44(36)42)38-16-8-14-34(30-38)20-18-32-11-5-2-6-12-32/h1-30H/b19-17+,20-18+. The molecule has 8 aromatic carbocycles. The van der Waals surface area contributed by atoms with Crippen LogP contribution in [0.5, 0.6) is 0 Å². The van der Waals surface area contributed by atoms with Gasteiger partial charge in [-0.2, -0.15) is 0 Å². The van der Waals surface area contributed by atoms with Crippen molar-refractivity contribution in [2.45, 2.75) is 0 Å². The fraction of sp³-hybridized carbons (Fsp3) is 0. The van der Waals surface area contributed by atoms with Gasteiger partial charge in [0.15, 0.2) is 0 Å². The second-order valence-electron chi connectivity index (χ2n) is 11.4. The average molecular weight is 559 g/mol. The Kier molecular flexibility index (Phi) is 6.59. The second-order valence-corrected chi connectivity index (χ2v) is 11.4. The molecule has 0 aliphatic rings. The Bertz CT molecular complexity index is 2140. The predicted molar refractivity (Wildman–Crippen MR) is 192 cm³/mol. The van der Waals surface area contributed by atoms with Gasteiger partial charge in [-0.1, -0.05) is 170 Å². The smallest absolute Gasteiger partial charge is 0.00203 e. The molecule has 8 aromatic rings. The lowest BCUT2D eigenvalue weighted by Gasteiger charge is -2.17. The first-order valence-electron chi connectivity index (χ1n) is 15.2. The van der Waals surface area contributed by atoms with Gasteiger partial charge in [0.1, 0.15) is 0 Å². The van der Waals surface area contributed by atoms with E-state index in [0.717, 1.165) is 0 Å². The molecular formula is C44H30. The summed E-state index contributed by atoms with van der Waals surface area (Å²) in [6, 6.07) is 57.0. The van der Waals surface area contributed by atoms with Gasteiger partial charge in [-0.05, 0) is 89.0 Å². The molecule has 0 bridgehead atoms. The molecule has 0 nitrogen and oxygen atoms in total. The highest BCUT2D eigenvalue weighted by Crippen LogP contribution is 2.42. The summed E-state index contributed by atoms with van der Waals surface area (Å²) in [5.41, 5.74) is 9.79. The lowest BCUT2D eigenvalue weighted by Crippen LogP contribution is -1.90. The highest BCUT2D eigenvalue weighted by Gasteiger charge is 2.15. The molecule has 0 aromatic heterocycles. The SMILES string of the molecule is C(=C\c1cccc(-c2ccc3ccc4c(-c5cccc(/C=C/c6ccccc6)c5)ccc5ccc2c3c54)c1)/c1ccccc1. The van der Waals surface area contributed by atoms with Crippen LogP contribution >= 0.6 is 0 Å². The summed E-state index contributed by atoms with van der Waals surface area (Å²) < 4.78 is 0. The van der Waals surface area contributed by atoms with Crippen molar-refractivity contribution in [3.8, 4) is 22.3 Å². The summed E-state index contributed by atoms with van der Waals surface area (Å²) >= 11 is 0. The van der Waals surface area contributed by atoms with Crippen LogP contribution in [0.3, 0.4) is 0 Å². The summed E-state index contributed by atoms with van der Waals surface area (Å²) in [6.07, 6.45) is 8.75. The maximum absolute atomic E-state index is 2.31. The Labute approximate surface area is 258 Å². The van der Waals surface area contributed by atoms with Crippen molar-refractivity contribution in [3.63, 3.8) is 0 Å². The maximum atomic E-state index is 2.31.